The summed E-state index contributed by atoms with van der Waals surface area (Å²) in [7, 11) is 0. The van der Waals surface area contributed by atoms with Gasteiger partial charge in [0.25, 0.3) is 0 Å². The standard InChI is InChI=1S/C19H29N3O2/c1-19(2,3)24-18(23)21-15-7-4-6-14(12-15)20-16-9-11-22-10-5-8-17(22)13-16/h4,6-7,12,16-17,20H,5,8-11,13H2,1-3H3,(H,21,23). The average molecular weight is 331 g/mol. The van der Waals surface area contributed by atoms with E-state index in [1.165, 1.54) is 38.8 Å². The Labute approximate surface area is 144 Å². The quantitative estimate of drug-likeness (QED) is 0.876. The van der Waals surface area contributed by atoms with Crippen LogP contribution in [0.3, 0.4) is 0 Å². The zero-order chi connectivity index (χ0) is 17.2. The van der Waals surface area contributed by atoms with E-state index in [1.54, 1.807) is 0 Å². The molecule has 24 heavy (non-hydrogen) atoms. The van der Waals surface area contributed by atoms with Crippen molar-refractivity contribution in [1.82, 2.24) is 4.90 Å². The minimum atomic E-state index is -0.491. The van der Waals surface area contributed by atoms with Crippen LogP contribution in [0.2, 0.25) is 0 Å². The molecule has 2 aliphatic heterocycles. The molecule has 0 aliphatic carbocycles. The second-order valence-electron chi connectivity index (χ2n) is 7.91. The number of nitrogens with zero attached hydrogens (tertiary/aromatic N) is 1. The van der Waals surface area contributed by atoms with Gasteiger partial charge in [-0.3, -0.25) is 5.32 Å². The van der Waals surface area contributed by atoms with Crippen LogP contribution in [0.5, 0.6) is 0 Å². The highest BCUT2D eigenvalue weighted by molar-refractivity contribution is 5.85. The Morgan fingerprint density at radius 3 is 2.79 bits per heavy atom. The highest BCUT2D eigenvalue weighted by Gasteiger charge is 2.31. The monoisotopic (exact) mass is 331 g/mol. The van der Waals surface area contributed by atoms with Crippen LogP contribution in [-0.2, 0) is 4.74 Å². The summed E-state index contributed by atoms with van der Waals surface area (Å²) in [4.78, 5) is 14.5. The van der Waals surface area contributed by atoms with Crippen LogP contribution in [0.4, 0.5) is 16.2 Å². The van der Waals surface area contributed by atoms with Gasteiger partial charge in [-0.05, 0) is 71.2 Å². The van der Waals surface area contributed by atoms with E-state index in [4.69, 9.17) is 4.74 Å². The fraction of sp³-hybridized carbons (Fsp3) is 0.632. The van der Waals surface area contributed by atoms with Crippen LogP contribution < -0.4 is 10.6 Å². The van der Waals surface area contributed by atoms with Crippen molar-refractivity contribution in [3.63, 3.8) is 0 Å². The van der Waals surface area contributed by atoms with E-state index >= 15 is 0 Å². The first-order valence-corrected chi connectivity index (χ1v) is 9.00. The van der Waals surface area contributed by atoms with E-state index in [-0.39, 0.29) is 0 Å². The lowest BCUT2D eigenvalue weighted by molar-refractivity contribution is 0.0636. The van der Waals surface area contributed by atoms with Crippen LogP contribution in [0.1, 0.15) is 46.5 Å². The summed E-state index contributed by atoms with van der Waals surface area (Å²) < 4.78 is 5.30. The SMILES string of the molecule is CC(C)(C)OC(=O)Nc1cccc(NC2CCN3CCCC3C2)c1. The van der Waals surface area contributed by atoms with Crippen molar-refractivity contribution in [2.75, 3.05) is 23.7 Å². The van der Waals surface area contributed by atoms with E-state index in [0.29, 0.717) is 6.04 Å². The second-order valence-corrected chi connectivity index (χ2v) is 7.91. The molecule has 2 fully saturated rings. The number of hydrogen-bond acceptors (Lipinski definition) is 4. The molecule has 0 spiro atoms. The molecule has 2 heterocycles. The maximum atomic E-state index is 11.9. The molecule has 1 amide bonds. The van der Waals surface area contributed by atoms with Gasteiger partial charge in [-0.2, -0.15) is 0 Å². The summed E-state index contributed by atoms with van der Waals surface area (Å²) in [6, 6.07) is 9.14. The third-order valence-electron chi connectivity index (χ3n) is 4.70. The molecule has 2 aliphatic rings. The smallest absolute Gasteiger partial charge is 0.412 e. The highest BCUT2D eigenvalue weighted by Crippen LogP contribution is 2.29. The summed E-state index contributed by atoms with van der Waals surface area (Å²) in [5.41, 5.74) is 1.32. The van der Waals surface area contributed by atoms with Crippen LogP contribution in [0.25, 0.3) is 0 Å². The van der Waals surface area contributed by atoms with Gasteiger partial charge in [-0.15, -0.1) is 0 Å². The van der Waals surface area contributed by atoms with Crippen molar-refractivity contribution in [2.45, 2.75) is 64.1 Å². The van der Waals surface area contributed by atoms with Crippen molar-refractivity contribution < 1.29 is 9.53 Å². The van der Waals surface area contributed by atoms with Gasteiger partial charge in [0.15, 0.2) is 0 Å². The summed E-state index contributed by atoms with van der Waals surface area (Å²) in [6.45, 7) is 8.05. The molecule has 2 saturated heterocycles. The van der Waals surface area contributed by atoms with Crippen molar-refractivity contribution in [1.29, 1.82) is 0 Å². The Morgan fingerprint density at radius 1 is 1.21 bits per heavy atom. The number of hydrogen-bond donors (Lipinski definition) is 2. The van der Waals surface area contributed by atoms with Gasteiger partial charge in [0.2, 0.25) is 0 Å². The number of fused-ring (bicyclic) bond motifs is 1. The Balaban J connectivity index is 1.56. The molecule has 0 bridgehead atoms. The van der Waals surface area contributed by atoms with Crippen molar-refractivity contribution in [2.24, 2.45) is 0 Å². The maximum absolute atomic E-state index is 11.9. The van der Waals surface area contributed by atoms with Crippen LogP contribution in [-0.4, -0.2) is 41.8 Å². The van der Waals surface area contributed by atoms with Crippen molar-refractivity contribution >= 4 is 17.5 Å². The Morgan fingerprint density at radius 2 is 2.00 bits per heavy atom. The highest BCUT2D eigenvalue weighted by atomic mass is 16.6. The minimum Gasteiger partial charge on any atom is -0.444 e. The molecule has 132 valence electrons. The zero-order valence-electron chi connectivity index (χ0n) is 15.0. The molecule has 2 atom stereocenters. The largest absolute Gasteiger partial charge is 0.444 e. The summed E-state index contributed by atoms with van der Waals surface area (Å²) in [6.07, 6.45) is 4.65. The molecular weight excluding hydrogens is 302 g/mol. The lowest BCUT2D eigenvalue weighted by Gasteiger charge is -2.35. The van der Waals surface area contributed by atoms with Crippen LogP contribution in [0, 0.1) is 0 Å². The first-order valence-electron chi connectivity index (χ1n) is 9.00. The zero-order valence-corrected chi connectivity index (χ0v) is 15.0. The third kappa shape index (κ3) is 4.63. The van der Waals surface area contributed by atoms with Crippen molar-refractivity contribution in [3.8, 4) is 0 Å². The predicted molar refractivity (Wildman–Crippen MR) is 97.5 cm³/mol. The van der Waals surface area contributed by atoms with Gasteiger partial charge in [-0.1, -0.05) is 6.07 Å². The summed E-state index contributed by atoms with van der Waals surface area (Å²) in [5.74, 6) is 0. The Kier molecular flexibility index (Phi) is 4.99. The van der Waals surface area contributed by atoms with E-state index in [9.17, 15) is 4.79 Å². The molecule has 0 aromatic heterocycles. The lowest BCUT2D eigenvalue weighted by Crippen LogP contribution is -2.42. The Hall–Kier alpha value is -1.75. The topological polar surface area (TPSA) is 53.6 Å². The lowest BCUT2D eigenvalue weighted by atomic mass is 9.97. The molecule has 0 saturated carbocycles. The number of rotatable bonds is 3. The van der Waals surface area contributed by atoms with Gasteiger partial charge < -0.3 is 15.0 Å². The molecule has 5 heteroatoms. The van der Waals surface area contributed by atoms with Gasteiger partial charge in [-0.25, -0.2) is 4.79 Å². The van der Waals surface area contributed by atoms with Gasteiger partial charge in [0.05, 0.1) is 0 Å². The molecule has 2 N–H and O–H groups in total. The van der Waals surface area contributed by atoms with Crippen molar-refractivity contribution in [3.05, 3.63) is 24.3 Å². The predicted octanol–water partition coefficient (Wildman–Crippen LogP) is 4.07. The van der Waals surface area contributed by atoms with Gasteiger partial charge >= 0.3 is 6.09 Å². The number of anilines is 2. The molecule has 0 radical (unpaired) electrons. The Bertz CT molecular complexity index is 582. The average Bonchev–Trinajstić information content (AvgIpc) is 2.93. The number of ether oxygens (including phenoxy) is 1. The fourth-order valence-corrected chi connectivity index (χ4v) is 3.70. The molecule has 1 aromatic rings. The molecule has 5 nitrogen and oxygen atoms in total. The van der Waals surface area contributed by atoms with Gasteiger partial charge in [0.1, 0.15) is 5.60 Å². The number of carbonyl (C=O) groups is 1. The molecule has 3 rings (SSSR count). The first-order chi connectivity index (χ1) is 11.4. The number of carbonyl (C=O) groups excluding carboxylic acids is 1. The minimum absolute atomic E-state index is 0.418. The van der Waals surface area contributed by atoms with E-state index in [2.05, 4.69) is 21.6 Å². The van der Waals surface area contributed by atoms with E-state index in [1.807, 2.05) is 39.0 Å². The molecular formula is C19H29N3O2. The second kappa shape index (κ2) is 7.01. The third-order valence-corrected chi connectivity index (χ3v) is 4.70. The van der Waals surface area contributed by atoms with Gasteiger partial charge in [0, 0.05) is 30.0 Å². The number of benzene rings is 1. The fourth-order valence-electron chi connectivity index (χ4n) is 3.70. The maximum Gasteiger partial charge on any atom is 0.412 e. The first kappa shape index (κ1) is 17.1. The normalized spacial score (nSPS) is 24.3. The number of nitrogens with one attached hydrogen (secondary N) is 2. The van der Waals surface area contributed by atoms with Crippen LogP contribution in [0.15, 0.2) is 24.3 Å². The summed E-state index contributed by atoms with van der Waals surface area (Å²) >= 11 is 0. The number of amides is 1. The van der Waals surface area contributed by atoms with E-state index < -0.39 is 11.7 Å². The van der Waals surface area contributed by atoms with E-state index in [0.717, 1.165) is 17.4 Å². The molecule has 2 unspecified atom stereocenters. The summed E-state index contributed by atoms with van der Waals surface area (Å²) in [5, 5.41) is 6.44. The number of piperidine rings is 1. The van der Waals surface area contributed by atoms with Crippen LogP contribution >= 0.6 is 0 Å². The molecule has 1 aromatic carbocycles.